The highest BCUT2D eigenvalue weighted by Gasteiger charge is 2.17. The normalized spacial score (nSPS) is 17.6. The Morgan fingerprint density at radius 2 is 2.12 bits per heavy atom. The van der Waals surface area contributed by atoms with Crippen molar-refractivity contribution in [3.63, 3.8) is 0 Å². The van der Waals surface area contributed by atoms with Crippen LogP contribution in [0.1, 0.15) is 37.8 Å². The van der Waals surface area contributed by atoms with E-state index in [9.17, 15) is 5.21 Å². The molecule has 0 bridgehead atoms. The predicted octanol–water partition coefficient (Wildman–Crippen LogP) is 3.35. The molecule has 0 aromatic rings. The van der Waals surface area contributed by atoms with Gasteiger partial charge < -0.3 is 5.21 Å². The van der Waals surface area contributed by atoms with Crippen molar-refractivity contribution in [1.29, 1.82) is 0 Å². The van der Waals surface area contributed by atoms with Gasteiger partial charge in [0.05, 0.1) is 0 Å². The molecule has 1 aliphatic carbocycles. The van der Waals surface area contributed by atoms with Gasteiger partial charge in [-0.15, -0.1) is 0 Å². The highest BCUT2D eigenvalue weighted by Crippen LogP contribution is 2.29. The summed E-state index contributed by atoms with van der Waals surface area (Å²) in [7, 11) is 0. The van der Waals surface area contributed by atoms with Crippen molar-refractivity contribution < 1.29 is 5.21 Å². The second-order valence-corrected chi connectivity index (χ2v) is 5.09. The van der Waals surface area contributed by atoms with Crippen molar-refractivity contribution in [1.82, 2.24) is 9.71 Å². The first-order chi connectivity index (χ1) is 8.33. The molecule has 3 heteroatoms. The molecule has 90 valence electrons. The average molecular weight is 230 g/mol. The summed E-state index contributed by atoms with van der Waals surface area (Å²) in [5.74, 6) is 1.47. The molecule has 17 heavy (non-hydrogen) atoms. The fourth-order valence-corrected chi connectivity index (χ4v) is 2.87. The zero-order valence-corrected chi connectivity index (χ0v) is 9.97. The maximum absolute atomic E-state index is 9.64. The predicted molar refractivity (Wildman–Crippen MR) is 66.3 cm³/mol. The van der Waals surface area contributed by atoms with Crippen LogP contribution in [0.15, 0.2) is 24.4 Å². The van der Waals surface area contributed by atoms with E-state index in [0.29, 0.717) is 5.82 Å². The summed E-state index contributed by atoms with van der Waals surface area (Å²) in [4.78, 5) is 4.52. The van der Waals surface area contributed by atoms with Crippen LogP contribution in [0.5, 0.6) is 0 Å². The average Bonchev–Trinajstić information content (AvgIpc) is 2.74. The number of aromatic nitrogens is 2. The van der Waals surface area contributed by atoms with Gasteiger partial charge in [-0.2, -0.15) is 4.73 Å². The first-order valence-electron chi connectivity index (χ1n) is 6.49. The summed E-state index contributed by atoms with van der Waals surface area (Å²) in [6.07, 6.45) is 9.48. The Morgan fingerprint density at radius 1 is 1.29 bits per heavy atom. The van der Waals surface area contributed by atoms with Gasteiger partial charge in [-0.05, 0) is 30.5 Å². The van der Waals surface area contributed by atoms with E-state index in [0.717, 1.165) is 28.3 Å². The maximum Gasteiger partial charge on any atom is 0.175 e. The van der Waals surface area contributed by atoms with Crippen molar-refractivity contribution in [2.75, 3.05) is 0 Å². The minimum Gasteiger partial charge on any atom is -0.427 e. The molecule has 3 rings (SSSR count). The smallest absolute Gasteiger partial charge is 0.175 e. The number of hydrogen-bond donors (Lipinski definition) is 1. The molecule has 0 radical (unpaired) electrons. The summed E-state index contributed by atoms with van der Waals surface area (Å²) in [5.41, 5.74) is 2.15. The van der Waals surface area contributed by atoms with E-state index in [-0.39, 0.29) is 0 Å². The first kappa shape index (κ1) is 10.6. The Balaban J connectivity index is 1.81. The lowest BCUT2D eigenvalue weighted by molar-refractivity contribution is 0.186. The van der Waals surface area contributed by atoms with Crippen LogP contribution in [0.25, 0.3) is 11.4 Å². The van der Waals surface area contributed by atoms with Crippen LogP contribution in [0.3, 0.4) is 0 Å². The third-order valence-electron chi connectivity index (χ3n) is 3.77. The fraction of sp³-hybridized carbons (Fsp3) is 0.500. The molecular formula is C14H18N2O. The van der Waals surface area contributed by atoms with Crippen LogP contribution >= 0.6 is 0 Å². The Kier molecular flexibility index (Phi) is 2.75. The van der Waals surface area contributed by atoms with Crippen LogP contribution in [-0.4, -0.2) is 14.9 Å². The Morgan fingerprint density at radius 3 is 2.88 bits per heavy atom. The molecule has 0 spiro atoms. The zero-order chi connectivity index (χ0) is 11.7. The second-order valence-electron chi connectivity index (χ2n) is 5.09. The monoisotopic (exact) mass is 230 g/mol. The van der Waals surface area contributed by atoms with Crippen LogP contribution in [0, 0.1) is 5.92 Å². The molecular weight excluding hydrogens is 212 g/mol. The lowest BCUT2D eigenvalue weighted by atomic mass is 9.86. The lowest BCUT2D eigenvalue weighted by Gasteiger charge is -2.20. The van der Waals surface area contributed by atoms with Crippen molar-refractivity contribution in [3.8, 4) is 11.4 Å². The van der Waals surface area contributed by atoms with Crippen LogP contribution in [0.4, 0.5) is 0 Å². The summed E-state index contributed by atoms with van der Waals surface area (Å²) in [5, 5.41) is 9.64. The molecule has 1 N–H and O–H groups in total. The van der Waals surface area contributed by atoms with Gasteiger partial charge in [0, 0.05) is 17.5 Å². The molecule has 0 unspecified atom stereocenters. The highest BCUT2D eigenvalue weighted by molar-refractivity contribution is 5.58. The van der Waals surface area contributed by atoms with Gasteiger partial charge >= 0.3 is 0 Å². The van der Waals surface area contributed by atoms with Crippen molar-refractivity contribution >= 4 is 0 Å². The topological polar surface area (TPSA) is 38.0 Å². The van der Waals surface area contributed by atoms with E-state index in [1.165, 1.54) is 32.1 Å². The Labute approximate surface area is 101 Å². The van der Waals surface area contributed by atoms with Gasteiger partial charge in [0.2, 0.25) is 0 Å². The van der Waals surface area contributed by atoms with Gasteiger partial charge in [-0.1, -0.05) is 32.1 Å². The second kappa shape index (κ2) is 4.40. The summed E-state index contributed by atoms with van der Waals surface area (Å²) < 4.78 is 1.11. The molecule has 2 aliphatic heterocycles. The number of hydrogen-bond acceptors (Lipinski definition) is 2. The van der Waals surface area contributed by atoms with E-state index in [2.05, 4.69) is 11.1 Å². The summed E-state index contributed by atoms with van der Waals surface area (Å²) in [6.45, 7) is 0. The van der Waals surface area contributed by atoms with Crippen LogP contribution < -0.4 is 0 Å². The number of fused-ring (bicyclic) bond motifs is 1. The molecule has 2 heterocycles. The number of nitrogens with zero attached hydrogens (tertiary/aromatic N) is 2. The molecule has 3 nitrogen and oxygen atoms in total. The van der Waals surface area contributed by atoms with Crippen LogP contribution in [0.2, 0.25) is 0 Å². The van der Waals surface area contributed by atoms with E-state index < -0.39 is 0 Å². The fourth-order valence-electron chi connectivity index (χ4n) is 2.87. The molecule has 3 aliphatic rings. The third kappa shape index (κ3) is 2.14. The van der Waals surface area contributed by atoms with E-state index in [4.69, 9.17) is 0 Å². The molecule has 0 amide bonds. The van der Waals surface area contributed by atoms with Gasteiger partial charge in [-0.25, -0.2) is 4.98 Å². The Bertz CT molecular complexity index is 471. The van der Waals surface area contributed by atoms with Gasteiger partial charge in [-0.3, -0.25) is 0 Å². The SMILES string of the molecule is On1cccc2cc(CC3CCCCC3)nc1-2. The zero-order valence-electron chi connectivity index (χ0n) is 9.97. The van der Waals surface area contributed by atoms with Crippen molar-refractivity contribution in [2.24, 2.45) is 5.92 Å². The minimum atomic E-state index is 0.679. The largest absolute Gasteiger partial charge is 0.427 e. The summed E-state index contributed by atoms with van der Waals surface area (Å²) >= 11 is 0. The standard InChI is InChI=1S/C14H18N2O/c17-16-8-4-7-12-10-13(15-14(12)16)9-11-5-2-1-3-6-11/h4,7-8,10-11,17H,1-3,5-6,9H2. The molecule has 1 saturated carbocycles. The van der Waals surface area contributed by atoms with E-state index in [1.807, 2.05) is 12.1 Å². The lowest BCUT2D eigenvalue weighted by Crippen LogP contribution is -2.09. The molecule has 0 aromatic heterocycles. The summed E-state index contributed by atoms with van der Waals surface area (Å²) in [6, 6.07) is 5.95. The first-order valence-corrected chi connectivity index (χ1v) is 6.49. The van der Waals surface area contributed by atoms with Gasteiger partial charge in [0.15, 0.2) is 5.82 Å². The quantitative estimate of drug-likeness (QED) is 0.803. The van der Waals surface area contributed by atoms with Gasteiger partial charge in [0.25, 0.3) is 0 Å². The molecule has 0 atom stereocenters. The minimum absolute atomic E-state index is 0.679. The van der Waals surface area contributed by atoms with Gasteiger partial charge in [0.1, 0.15) is 0 Å². The van der Waals surface area contributed by atoms with E-state index in [1.54, 1.807) is 6.20 Å². The van der Waals surface area contributed by atoms with Crippen molar-refractivity contribution in [3.05, 3.63) is 30.1 Å². The molecule has 0 saturated heterocycles. The maximum atomic E-state index is 9.64. The number of pyridine rings is 1. The number of rotatable bonds is 2. The molecule has 0 aromatic carbocycles. The Hall–Kier alpha value is -1.51. The molecule has 1 fully saturated rings. The third-order valence-corrected chi connectivity index (χ3v) is 3.77. The van der Waals surface area contributed by atoms with E-state index >= 15 is 0 Å². The van der Waals surface area contributed by atoms with Crippen LogP contribution in [-0.2, 0) is 6.42 Å². The highest BCUT2D eigenvalue weighted by atomic mass is 16.5. The van der Waals surface area contributed by atoms with Crippen molar-refractivity contribution in [2.45, 2.75) is 38.5 Å².